The average Bonchev–Trinajstić information content (AvgIpc) is 3.46. The highest BCUT2D eigenvalue weighted by molar-refractivity contribution is 7.89. The Kier molecular flexibility index (Phi) is 9.63. The van der Waals surface area contributed by atoms with E-state index in [1.165, 1.54) is 6.42 Å². The second-order valence-corrected chi connectivity index (χ2v) is 14.0. The van der Waals surface area contributed by atoms with Crippen LogP contribution in [0.1, 0.15) is 48.5 Å². The lowest BCUT2D eigenvalue weighted by Crippen LogP contribution is -2.53. The summed E-state index contributed by atoms with van der Waals surface area (Å²) >= 11 is 0. The molecule has 1 aliphatic carbocycles. The molecule has 3 aliphatic rings. The molecule has 1 saturated carbocycles. The smallest absolute Gasteiger partial charge is 0.248 e. The largest absolute Gasteiger partial charge is 0.497 e. The van der Waals surface area contributed by atoms with E-state index >= 15 is 0 Å². The molecule has 5 rings (SSSR count). The molecule has 42 heavy (non-hydrogen) atoms. The fraction of sp³-hybridized carbons (Fsp3) is 0.645. The Morgan fingerprint density at radius 2 is 1.76 bits per heavy atom. The van der Waals surface area contributed by atoms with Crippen LogP contribution in [-0.2, 0) is 26.1 Å². The molecule has 3 atom stereocenters. The van der Waals surface area contributed by atoms with E-state index in [2.05, 4.69) is 21.4 Å². The van der Waals surface area contributed by atoms with E-state index in [4.69, 9.17) is 9.47 Å². The summed E-state index contributed by atoms with van der Waals surface area (Å²) in [5.74, 6) is 0.577. The maximum atomic E-state index is 14.1. The third kappa shape index (κ3) is 6.40. The molecule has 232 valence electrons. The van der Waals surface area contributed by atoms with Crippen LogP contribution < -0.4 is 4.74 Å². The van der Waals surface area contributed by atoms with Gasteiger partial charge in [0.15, 0.2) is 0 Å². The van der Waals surface area contributed by atoms with Crippen molar-refractivity contribution in [3.05, 3.63) is 47.3 Å². The van der Waals surface area contributed by atoms with E-state index in [-0.39, 0.29) is 25.2 Å². The number of carbonyl (C=O) groups is 1. The first-order chi connectivity index (χ1) is 20.1. The second kappa shape index (κ2) is 13.1. The molecular formula is C31H47N5O5S. The zero-order chi connectivity index (χ0) is 30.0. The van der Waals surface area contributed by atoms with E-state index in [1.54, 1.807) is 37.4 Å². The molecule has 10 nitrogen and oxygen atoms in total. The van der Waals surface area contributed by atoms with Gasteiger partial charge in [0.2, 0.25) is 15.9 Å². The van der Waals surface area contributed by atoms with Crippen LogP contribution in [0, 0.1) is 13.8 Å². The number of aromatic nitrogens is 1. The van der Waals surface area contributed by atoms with Crippen molar-refractivity contribution in [3.63, 3.8) is 0 Å². The highest BCUT2D eigenvalue weighted by Gasteiger charge is 2.39. The lowest BCUT2D eigenvalue weighted by molar-refractivity contribution is -0.138. The van der Waals surface area contributed by atoms with Gasteiger partial charge in [0.1, 0.15) is 12.4 Å². The molecule has 0 spiro atoms. The monoisotopic (exact) mass is 601 g/mol. The van der Waals surface area contributed by atoms with Gasteiger partial charge in [-0.05, 0) is 82.0 Å². The summed E-state index contributed by atoms with van der Waals surface area (Å²) in [6.07, 6.45) is 6.28. The fourth-order valence-electron chi connectivity index (χ4n) is 7.02. The molecule has 1 aromatic heterocycles. The Morgan fingerprint density at radius 1 is 1.05 bits per heavy atom. The average molecular weight is 602 g/mol. The summed E-state index contributed by atoms with van der Waals surface area (Å²) in [6, 6.07) is 7.57. The Bertz CT molecular complexity index is 1330. The maximum absolute atomic E-state index is 14.1. The lowest BCUT2D eigenvalue weighted by atomic mass is 9.88. The summed E-state index contributed by atoms with van der Waals surface area (Å²) in [6.45, 7) is 8.89. The van der Waals surface area contributed by atoms with Crippen LogP contribution in [0.15, 0.2) is 35.4 Å². The van der Waals surface area contributed by atoms with Crippen LogP contribution in [0.3, 0.4) is 0 Å². The summed E-state index contributed by atoms with van der Waals surface area (Å²) < 4.78 is 43.2. The number of carbonyl (C=O) groups excluding carboxylic acids is 1. The lowest BCUT2D eigenvalue weighted by Gasteiger charge is -2.43. The number of nitrogens with zero attached hydrogens (tertiary/aromatic N) is 5. The minimum atomic E-state index is -3.84. The van der Waals surface area contributed by atoms with E-state index < -0.39 is 16.1 Å². The van der Waals surface area contributed by atoms with Crippen molar-refractivity contribution in [1.29, 1.82) is 0 Å². The minimum absolute atomic E-state index is 0.0542. The molecule has 1 amide bonds. The standard InChI is InChI=1S/C31H47N5O5S/c1-23-18-27(40-5)19-24(2)31(23)42(38,39)36-17-16-35-11-7-10-28(35)29(36)21-41-22-30(37)33(4)25-8-6-9-26(20-25)34-14-12-32(3)13-15-34/h7,10-11,18-19,25-26,29H,6,8-9,12-17,20-22H2,1-5H3/t25-,26-,29?/m1/s1. The minimum Gasteiger partial charge on any atom is -0.497 e. The predicted octanol–water partition coefficient (Wildman–Crippen LogP) is 2.89. The van der Waals surface area contributed by atoms with Crippen LogP contribution in [0.2, 0.25) is 0 Å². The van der Waals surface area contributed by atoms with Crippen molar-refractivity contribution in [1.82, 2.24) is 23.6 Å². The van der Waals surface area contributed by atoms with E-state index in [0.717, 1.165) is 51.1 Å². The van der Waals surface area contributed by atoms with Crippen LogP contribution in [-0.4, -0.2) is 117 Å². The van der Waals surface area contributed by atoms with Crippen molar-refractivity contribution in [3.8, 4) is 5.75 Å². The first kappa shape index (κ1) is 31.0. The van der Waals surface area contributed by atoms with Crippen LogP contribution in [0.5, 0.6) is 5.75 Å². The molecule has 2 fully saturated rings. The van der Waals surface area contributed by atoms with Gasteiger partial charge in [-0.25, -0.2) is 8.42 Å². The highest BCUT2D eigenvalue weighted by atomic mass is 32.2. The van der Waals surface area contributed by atoms with Gasteiger partial charge in [0.25, 0.3) is 0 Å². The highest BCUT2D eigenvalue weighted by Crippen LogP contribution is 2.35. The van der Waals surface area contributed by atoms with Gasteiger partial charge in [-0.2, -0.15) is 4.31 Å². The van der Waals surface area contributed by atoms with Gasteiger partial charge in [0, 0.05) is 70.3 Å². The van der Waals surface area contributed by atoms with E-state index in [0.29, 0.717) is 40.9 Å². The van der Waals surface area contributed by atoms with Crippen LogP contribution in [0.4, 0.5) is 0 Å². The van der Waals surface area contributed by atoms with Crippen molar-refractivity contribution >= 4 is 15.9 Å². The third-order valence-electron chi connectivity index (χ3n) is 9.47. The van der Waals surface area contributed by atoms with Gasteiger partial charge in [-0.1, -0.05) is 0 Å². The zero-order valence-corrected chi connectivity index (χ0v) is 26.6. The van der Waals surface area contributed by atoms with Gasteiger partial charge < -0.3 is 23.8 Å². The van der Waals surface area contributed by atoms with E-state index in [1.807, 2.05) is 30.3 Å². The number of sulfonamides is 1. The van der Waals surface area contributed by atoms with Crippen molar-refractivity contribution in [2.45, 2.75) is 69.1 Å². The molecule has 2 aromatic rings. The number of hydrogen-bond donors (Lipinski definition) is 0. The number of amides is 1. The molecule has 0 bridgehead atoms. The molecule has 0 radical (unpaired) electrons. The first-order valence-corrected chi connectivity index (χ1v) is 16.6. The zero-order valence-electron chi connectivity index (χ0n) is 25.8. The Labute approximate surface area is 251 Å². The fourth-order valence-corrected chi connectivity index (χ4v) is 9.02. The number of ether oxygens (including phenoxy) is 2. The van der Waals surface area contributed by atoms with Gasteiger partial charge in [-0.3, -0.25) is 9.69 Å². The molecule has 0 N–H and O–H groups in total. The van der Waals surface area contributed by atoms with Crippen LogP contribution in [0.25, 0.3) is 0 Å². The molecule has 1 unspecified atom stereocenters. The normalized spacial score (nSPS) is 24.4. The summed E-state index contributed by atoms with van der Waals surface area (Å²) in [4.78, 5) is 20.4. The van der Waals surface area contributed by atoms with Gasteiger partial charge in [-0.15, -0.1) is 0 Å². The number of fused-ring (bicyclic) bond motifs is 1. The summed E-state index contributed by atoms with van der Waals surface area (Å²) in [7, 11) is 1.80. The molecule has 1 saturated heterocycles. The quantitative estimate of drug-likeness (QED) is 0.437. The number of benzene rings is 1. The summed E-state index contributed by atoms with van der Waals surface area (Å²) in [5.41, 5.74) is 2.16. The number of methoxy groups -OCH3 is 1. The second-order valence-electron chi connectivity index (χ2n) is 12.2. The van der Waals surface area contributed by atoms with Crippen molar-refractivity contribution < 1.29 is 22.7 Å². The molecule has 2 aliphatic heterocycles. The SMILES string of the molecule is COc1cc(C)c(S(=O)(=O)N2CCn3cccc3C2COCC(=O)N(C)[C@@H]2CCC[C@@H](N3CCN(C)CC3)C2)c(C)c1. The number of hydrogen-bond acceptors (Lipinski definition) is 7. The van der Waals surface area contributed by atoms with Crippen molar-refractivity contribution in [2.24, 2.45) is 0 Å². The van der Waals surface area contributed by atoms with Gasteiger partial charge in [0.05, 0.1) is 24.7 Å². The Balaban J connectivity index is 1.25. The molecular weight excluding hydrogens is 554 g/mol. The molecule has 11 heteroatoms. The molecule has 1 aromatic carbocycles. The third-order valence-corrected chi connectivity index (χ3v) is 11.7. The van der Waals surface area contributed by atoms with E-state index in [9.17, 15) is 13.2 Å². The number of likely N-dealkylation sites (N-methyl/N-ethyl adjacent to an activating group) is 2. The maximum Gasteiger partial charge on any atom is 0.248 e. The van der Waals surface area contributed by atoms with Crippen LogP contribution >= 0.6 is 0 Å². The van der Waals surface area contributed by atoms with Gasteiger partial charge >= 0.3 is 0 Å². The first-order valence-electron chi connectivity index (χ1n) is 15.2. The Hall–Kier alpha value is -2.44. The predicted molar refractivity (Wildman–Crippen MR) is 162 cm³/mol. The number of rotatable bonds is 9. The summed E-state index contributed by atoms with van der Waals surface area (Å²) in [5, 5.41) is 0. The number of piperazine rings is 1. The Morgan fingerprint density at radius 3 is 2.45 bits per heavy atom. The topological polar surface area (TPSA) is 87.6 Å². The number of aryl methyl sites for hydroxylation is 2. The van der Waals surface area contributed by atoms with Crippen molar-refractivity contribution in [2.75, 3.05) is 67.1 Å². The molecule has 3 heterocycles.